The van der Waals surface area contributed by atoms with E-state index in [4.69, 9.17) is 9.15 Å². The Morgan fingerprint density at radius 1 is 1.13 bits per heavy atom. The number of hydrogen-bond donors (Lipinski definition) is 1. The first-order valence-electron chi connectivity index (χ1n) is 7.63. The maximum absolute atomic E-state index is 11.8. The minimum Gasteiger partial charge on any atom is -0.497 e. The van der Waals surface area contributed by atoms with Gasteiger partial charge in [-0.05, 0) is 35.7 Å². The number of aryl methyl sites for hydroxylation is 1. The standard InChI is InChI=1S/C19H19NO3/c1-3-13-7-8-17-14(10-19(21)23-18(17)9-13)12-20-15-5-4-6-16(11-15)22-2/h4-11,20H,3,12H2,1-2H3. The van der Waals surface area contributed by atoms with Crippen LogP contribution in [-0.4, -0.2) is 7.11 Å². The summed E-state index contributed by atoms with van der Waals surface area (Å²) in [5, 5.41) is 4.28. The maximum atomic E-state index is 11.8. The van der Waals surface area contributed by atoms with Gasteiger partial charge in [0.2, 0.25) is 0 Å². The summed E-state index contributed by atoms with van der Waals surface area (Å²) in [7, 11) is 1.64. The van der Waals surface area contributed by atoms with Crippen LogP contribution in [0.25, 0.3) is 11.0 Å². The van der Waals surface area contributed by atoms with Crippen LogP contribution in [0.2, 0.25) is 0 Å². The molecule has 0 radical (unpaired) electrons. The van der Waals surface area contributed by atoms with E-state index in [0.29, 0.717) is 12.1 Å². The van der Waals surface area contributed by atoms with Gasteiger partial charge < -0.3 is 14.5 Å². The molecule has 3 aromatic rings. The van der Waals surface area contributed by atoms with Crippen LogP contribution in [-0.2, 0) is 13.0 Å². The molecule has 4 nitrogen and oxygen atoms in total. The molecule has 0 aliphatic carbocycles. The van der Waals surface area contributed by atoms with Crippen molar-refractivity contribution in [3.05, 3.63) is 70.1 Å². The molecule has 0 aliphatic rings. The zero-order chi connectivity index (χ0) is 16.2. The SMILES string of the molecule is CCc1ccc2c(CNc3cccc(OC)c3)cc(=O)oc2c1. The molecule has 0 aliphatic heterocycles. The van der Waals surface area contributed by atoms with E-state index in [1.54, 1.807) is 13.2 Å². The summed E-state index contributed by atoms with van der Waals surface area (Å²) in [6.45, 7) is 2.62. The number of anilines is 1. The van der Waals surface area contributed by atoms with E-state index in [0.717, 1.165) is 34.4 Å². The molecule has 118 valence electrons. The lowest BCUT2D eigenvalue weighted by molar-refractivity contribution is 0.415. The topological polar surface area (TPSA) is 51.5 Å². The number of benzene rings is 2. The van der Waals surface area contributed by atoms with Gasteiger partial charge in [0, 0.05) is 29.8 Å². The number of ether oxygens (including phenoxy) is 1. The van der Waals surface area contributed by atoms with Crippen LogP contribution in [0, 0.1) is 0 Å². The quantitative estimate of drug-likeness (QED) is 0.724. The van der Waals surface area contributed by atoms with Gasteiger partial charge >= 0.3 is 5.63 Å². The fourth-order valence-electron chi connectivity index (χ4n) is 2.57. The van der Waals surface area contributed by atoms with Gasteiger partial charge in [-0.2, -0.15) is 0 Å². The molecule has 0 fully saturated rings. The number of rotatable bonds is 5. The molecule has 0 bridgehead atoms. The summed E-state index contributed by atoms with van der Waals surface area (Å²) < 4.78 is 10.5. The Morgan fingerprint density at radius 2 is 2.00 bits per heavy atom. The number of fused-ring (bicyclic) bond motifs is 1. The third-order valence-electron chi connectivity index (χ3n) is 3.86. The fraction of sp³-hybridized carbons (Fsp3) is 0.211. The van der Waals surface area contributed by atoms with Crippen molar-refractivity contribution in [2.75, 3.05) is 12.4 Å². The Kier molecular flexibility index (Phi) is 4.33. The molecular formula is C19H19NO3. The Labute approximate surface area is 134 Å². The van der Waals surface area contributed by atoms with Crippen molar-refractivity contribution in [2.45, 2.75) is 19.9 Å². The smallest absolute Gasteiger partial charge is 0.336 e. The summed E-state index contributed by atoms with van der Waals surface area (Å²) in [4.78, 5) is 11.8. The molecule has 2 aromatic carbocycles. The first-order valence-corrected chi connectivity index (χ1v) is 7.63. The first-order chi connectivity index (χ1) is 11.2. The predicted octanol–water partition coefficient (Wildman–Crippen LogP) is 3.98. The van der Waals surface area contributed by atoms with Crippen LogP contribution in [0.3, 0.4) is 0 Å². The second-order valence-corrected chi connectivity index (χ2v) is 5.36. The highest BCUT2D eigenvalue weighted by atomic mass is 16.5. The molecule has 1 heterocycles. The van der Waals surface area contributed by atoms with Crippen LogP contribution in [0.5, 0.6) is 5.75 Å². The molecule has 0 unspecified atom stereocenters. The van der Waals surface area contributed by atoms with Crippen molar-refractivity contribution in [3.8, 4) is 5.75 Å². The minimum atomic E-state index is -0.326. The lowest BCUT2D eigenvalue weighted by Gasteiger charge is -2.10. The summed E-state index contributed by atoms with van der Waals surface area (Å²) in [6.07, 6.45) is 0.909. The Balaban J connectivity index is 1.91. The molecule has 1 aromatic heterocycles. The molecular weight excluding hydrogens is 290 g/mol. The van der Waals surface area contributed by atoms with E-state index in [1.165, 1.54) is 0 Å². The fourth-order valence-corrected chi connectivity index (χ4v) is 2.57. The van der Waals surface area contributed by atoms with Crippen molar-refractivity contribution in [2.24, 2.45) is 0 Å². The van der Waals surface area contributed by atoms with Crippen molar-refractivity contribution < 1.29 is 9.15 Å². The van der Waals surface area contributed by atoms with Crippen LogP contribution in [0.15, 0.2) is 57.7 Å². The highest BCUT2D eigenvalue weighted by Gasteiger charge is 2.06. The van der Waals surface area contributed by atoms with Crippen LogP contribution >= 0.6 is 0 Å². The third-order valence-corrected chi connectivity index (χ3v) is 3.86. The Bertz CT molecular complexity index is 883. The molecule has 1 N–H and O–H groups in total. The normalized spacial score (nSPS) is 10.7. The van der Waals surface area contributed by atoms with Crippen molar-refractivity contribution >= 4 is 16.7 Å². The Hall–Kier alpha value is -2.75. The molecule has 0 atom stereocenters. The second kappa shape index (κ2) is 6.57. The number of nitrogens with one attached hydrogen (secondary N) is 1. The van der Waals surface area contributed by atoms with Gasteiger partial charge in [-0.3, -0.25) is 0 Å². The third kappa shape index (κ3) is 3.37. The van der Waals surface area contributed by atoms with Gasteiger partial charge in [0.15, 0.2) is 0 Å². The molecule has 4 heteroatoms. The van der Waals surface area contributed by atoms with E-state index in [-0.39, 0.29) is 5.63 Å². The number of hydrogen-bond acceptors (Lipinski definition) is 4. The lowest BCUT2D eigenvalue weighted by Crippen LogP contribution is -2.06. The van der Waals surface area contributed by atoms with Gasteiger partial charge in [0.25, 0.3) is 0 Å². The van der Waals surface area contributed by atoms with Gasteiger partial charge in [0.1, 0.15) is 11.3 Å². The van der Waals surface area contributed by atoms with Gasteiger partial charge in [-0.1, -0.05) is 25.1 Å². The maximum Gasteiger partial charge on any atom is 0.336 e. The summed E-state index contributed by atoms with van der Waals surface area (Å²) in [6, 6.07) is 15.3. The molecule has 23 heavy (non-hydrogen) atoms. The zero-order valence-electron chi connectivity index (χ0n) is 13.3. The molecule has 0 spiro atoms. The molecule has 0 saturated carbocycles. The molecule has 0 saturated heterocycles. The second-order valence-electron chi connectivity index (χ2n) is 5.36. The van der Waals surface area contributed by atoms with Crippen LogP contribution < -0.4 is 15.7 Å². The van der Waals surface area contributed by atoms with Gasteiger partial charge in [-0.25, -0.2) is 4.79 Å². The van der Waals surface area contributed by atoms with E-state index in [2.05, 4.69) is 18.3 Å². The largest absolute Gasteiger partial charge is 0.497 e. The van der Waals surface area contributed by atoms with E-state index in [1.807, 2.05) is 36.4 Å². The molecule has 3 rings (SSSR count). The van der Waals surface area contributed by atoms with E-state index < -0.39 is 0 Å². The average Bonchev–Trinajstić information content (AvgIpc) is 2.59. The first kappa shape index (κ1) is 15.2. The summed E-state index contributed by atoms with van der Waals surface area (Å²) in [5.74, 6) is 0.792. The van der Waals surface area contributed by atoms with Crippen molar-refractivity contribution in [3.63, 3.8) is 0 Å². The van der Waals surface area contributed by atoms with Gasteiger partial charge in [0.05, 0.1) is 7.11 Å². The highest BCUT2D eigenvalue weighted by Crippen LogP contribution is 2.21. The zero-order valence-corrected chi connectivity index (χ0v) is 13.3. The van der Waals surface area contributed by atoms with Crippen LogP contribution in [0.4, 0.5) is 5.69 Å². The molecule has 0 amide bonds. The monoisotopic (exact) mass is 309 g/mol. The lowest BCUT2D eigenvalue weighted by atomic mass is 10.1. The number of methoxy groups -OCH3 is 1. The average molecular weight is 309 g/mol. The summed E-state index contributed by atoms with van der Waals surface area (Å²) in [5.41, 5.74) is 3.32. The van der Waals surface area contributed by atoms with Gasteiger partial charge in [-0.15, -0.1) is 0 Å². The predicted molar refractivity (Wildman–Crippen MR) is 92.2 cm³/mol. The van der Waals surface area contributed by atoms with E-state index >= 15 is 0 Å². The summed E-state index contributed by atoms with van der Waals surface area (Å²) >= 11 is 0. The minimum absolute atomic E-state index is 0.326. The van der Waals surface area contributed by atoms with Crippen molar-refractivity contribution in [1.29, 1.82) is 0 Å². The van der Waals surface area contributed by atoms with Crippen molar-refractivity contribution in [1.82, 2.24) is 0 Å². The van der Waals surface area contributed by atoms with Crippen LogP contribution in [0.1, 0.15) is 18.1 Å². The van der Waals surface area contributed by atoms with E-state index in [9.17, 15) is 4.79 Å². The Morgan fingerprint density at radius 3 is 2.78 bits per heavy atom. The highest BCUT2D eigenvalue weighted by molar-refractivity contribution is 5.81.